The molecule has 1 amide bonds. The van der Waals surface area contributed by atoms with E-state index in [-0.39, 0.29) is 23.9 Å². The first kappa shape index (κ1) is 19.9. The summed E-state index contributed by atoms with van der Waals surface area (Å²) in [6, 6.07) is 3.75. The average Bonchev–Trinajstić information content (AvgIpc) is 2.62. The van der Waals surface area contributed by atoms with E-state index in [0.717, 1.165) is 6.07 Å². The van der Waals surface area contributed by atoms with Crippen LogP contribution in [0, 0.1) is 5.82 Å². The number of nitrogens with zero attached hydrogens (tertiary/aromatic N) is 2. The number of nitrogens with one attached hydrogen (secondary N) is 1. The van der Waals surface area contributed by atoms with Crippen LogP contribution in [-0.4, -0.2) is 23.5 Å². The van der Waals surface area contributed by atoms with Crippen LogP contribution < -0.4 is 11.1 Å². The molecule has 3 N–H and O–H groups in total. The zero-order chi connectivity index (χ0) is 20.5. The van der Waals surface area contributed by atoms with Crippen LogP contribution in [0.4, 0.5) is 23.2 Å². The van der Waals surface area contributed by atoms with Crippen molar-refractivity contribution < 1.29 is 27.1 Å². The Morgan fingerprint density at radius 2 is 2.07 bits per heavy atom. The smallest absolute Gasteiger partial charge is 0.417 e. The lowest BCUT2D eigenvalue weighted by Gasteiger charge is -2.20. The van der Waals surface area contributed by atoms with Gasteiger partial charge in [0.05, 0.1) is 23.2 Å². The second-order valence-corrected chi connectivity index (χ2v) is 6.27. The second-order valence-electron chi connectivity index (χ2n) is 5.86. The Kier molecular flexibility index (Phi) is 5.41. The molecule has 2 aromatic rings. The van der Waals surface area contributed by atoms with E-state index in [1.807, 2.05) is 0 Å². The lowest BCUT2D eigenvalue weighted by molar-refractivity contribution is -0.137. The molecule has 0 saturated heterocycles. The molecule has 2 heterocycles. The molecule has 0 aliphatic carbocycles. The Labute approximate surface area is 161 Å². The van der Waals surface area contributed by atoms with Gasteiger partial charge in [0, 0.05) is 23.9 Å². The molecule has 0 fully saturated rings. The van der Waals surface area contributed by atoms with Gasteiger partial charge < -0.3 is 15.8 Å². The number of aromatic nitrogens is 1. The molecule has 0 bridgehead atoms. The topological polar surface area (TPSA) is 89.6 Å². The summed E-state index contributed by atoms with van der Waals surface area (Å²) in [5, 5.41) is 1.97. The number of carbonyl (C=O) groups is 1. The maximum absolute atomic E-state index is 14.2. The minimum Gasteiger partial charge on any atom is -0.465 e. The maximum Gasteiger partial charge on any atom is 0.417 e. The number of benzene rings is 1. The Balaban J connectivity index is 1.83. The van der Waals surface area contributed by atoms with Crippen molar-refractivity contribution in [3.63, 3.8) is 0 Å². The predicted octanol–water partition coefficient (Wildman–Crippen LogP) is 3.92. The Morgan fingerprint density at radius 1 is 1.32 bits per heavy atom. The minimum atomic E-state index is -4.64. The van der Waals surface area contributed by atoms with Gasteiger partial charge in [-0.25, -0.2) is 14.4 Å². The Morgan fingerprint density at radius 3 is 2.71 bits per heavy atom. The number of halogens is 5. The SMILES string of the molecule is NC1=NC(c2cc(NC(=O)c3ncc(C(F)(F)F)cc3Cl)ccc2F)CCO1. The van der Waals surface area contributed by atoms with Crippen molar-refractivity contribution in [1.29, 1.82) is 0 Å². The largest absolute Gasteiger partial charge is 0.465 e. The number of hydrogen-bond donors (Lipinski definition) is 2. The van der Waals surface area contributed by atoms with Crippen LogP contribution >= 0.6 is 11.6 Å². The number of amides is 1. The summed E-state index contributed by atoms with van der Waals surface area (Å²) in [6.45, 7) is 0.265. The Hall–Kier alpha value is -2.88. The monoisotopic (exact) mass is 416 g/mol. The van der Waals surface area contributed by atoms with Gasteiger partial charge in [0.15, 0.2) is 0 Å². The third-order valence-electron chi connectivity index (χ3n) is 3.92. The number of alkyl halides is 3. The quantitative estimate of drug-likeness (QED) is 0.742. The van der Waals surface area contributed by atoms with Gasteiger partial charge in [-0.05, 0) is 24.3 Å². The zero-order valence-corrected chi connectivity index (χ0v) is 14.8. The van der Waals surface area contributed by atoms with E-state index in [0.29, 0.717) is 18.7 Å². The van der Waals surface area contributed by atoms with E-state index >= 15 is 0 Å². The number of ether oxygens (including phenoxy) is 1. The van der Waals surface area contributed by atoms with Gasteiger partial charge in [-0.3, -0.25) is 4.79 Å². The number of pyridine rings is 1. The van der Waals surface area contributed by atoms with Gasteiger partial charge in [0.1, 0.15) is 11.5 Å². The number of rotatable bonds is 3. The highest BCUT2D eigenvalue weighted by Gasteiger charge is 2.32. The molecule has 148 valence electrons. The van der Waals surface area contributed by atoms with Crippen LogP contribution in [0.25, 0.3) is 0 Å². The molecule has 1 atom stereocenters. The van der Waals surface area contributed by atoms with Crippen LogP contribution in [0.2, 0.25) is 5.02 Å². The summed E-state index contributed by atoms with van der Waals surface area (Å²) in [7, 11) is 0. The molecular weight excluding hydrogens is 404 g/mol. The van der Waals surface area contributed by atoms with Crippen molar-refractivity contribution in [3.8, 4) is 0 Å². The highest BCUT2D eigenvalue weighted by Crippen LogP contribution is 2.32. The van der Waals surface area contributed by atoms with Crippen molar-refractivity contribution >= 4 is 29.2 Å². The molecule has 1 aliphatic rings. The standard InChI is InChI=1S/C17H13ClF4N4O2/c18-11-5-8(17(20,21)22)7-24-14(11)15(27)25-9-1-2-12(19)10(6-9)13-3-4-28-16(23)26-13/h1-2,5-7,13H,3-4H2,(H2,23,26)(H,25,27). The van der Waals surface area contributed by atoms with Crippen LogP contribution in [0.3, 0.4) is 0 Å². The molecule has 1 unspecified atom stereocenters. The lowest BCUT2D eigenvalue weighted by atomic mass is 10.0. The summed E-state index contributed by atoms with van der Waals surface area (Å²) in [5.41, 5.74) is 4.41. The first-order valence-corrected chi connectivity index (χ1v) is 8.32. The molecular formula is C17H13ClF4N4O2. The summed E-state index contributed by atoms with van der Waals surface area (Å²) >= 11 is 5.76. The average molecular weight is 417 g/mol. The number of amidine groups is 1. The van der Waals surface area contributed by atoms with Gasteiger partial charge in [-0.2, -0.15) is 13.2 Å². The molecule has 28 heavy (non-hydrogen) atoms. The van der Waals surface area contributed by atoms with Crippen LogP contribution in [0.1, 0.15) is 34.1 Å². The van der Waals surface area contributed by atoms with Crippen molar-refractivity contribution in [3.05, 3.63) is 58.1 Å². The van der Waals surface area contributed by atoms with E-state index in [1.54, 1.807) is 0 Å². The highest BCUT2D eigenvalue weighted by atomic mass is 35.5. The van der Waals surface area contributed by atoms with Gasteiger partial charge in [-0.15, -0.1) is 0 Å². The predicted molar refractivity (Wildman–Crippen MR) is 93.5 cm³/mol. The zero-order valence-electron chi connectivity index (χ0n) is 14.1. The fourth-order valence-electron chi connectivity index (χ4n) is 2.58. The Bertz CT molecular complexity index is 949. The summed E-state index contributed by atoms with van der Waals surface area (Å²) in [5.74, 6) is -1.39. The van der Waals surface area contributed by atoms with E-state index < -0.39 is 40.2 Å². The number of anilines is 1. The van der Waals surface area contributed by atoms with Crippen molar-refractivity contribution in [1.82, 2.24) is 4.98 Å². The van der Waals surface area contributed by atoms with E-state index in [4.69, 9.17) is 22.1 Å². The highest BCUT2D eigenvalue weighted by molar-refractivity contribution is 6.34. The molecule has 0 radical (unpaired) electrons. The molecule has 1 aromatic carbocycles. The van der Waals surface area contributed by atoms with Crippen molar-refractivity contribution in [2.75, 3.05) is 11.9 Å². The van der Waals surface area contributed by atoms with E-state index in [2.05, 4.69) is 15.3 Å². The number of hydrogen-bond acceptors (Lipinski definition) is 5. The van der Waals surface area contributed by atoms with Crippen LogP contribution in [0.5, 0.6) is 0 Å². The van der Waals surface area contributed by atoms with Crippen molar-refractivity contribution in [2.45, 2.75) is 18.6 Å². The van der Waals surface area contributed by atoms with Crippen molar-refractivity contribution in [2.24, 2.45) is 10.7 Å². The van der Waals surface area contributed by atoms with Gasteiger partial charge >= 0.3 is 6.18 Å². The third kappa shape index (κ3) is 4.33. The number of carbonyl (C=O) groups excluding carboxylic acids is 1. The molecule has 1 aliphatic heterocycles. The van der Waals surface area contributed by atoms with Gasteiger partial charge in [0.25, 0.3) is 11.9 Å². The van der Waals surface area contributed by atoms with Crippen LogP contribution in [0.15, 0.2) is 35.5 Å². The van der Waals surface area contributed by atoms with Gasteiger partial charge in [0.2, 0.25) is 0 Å². The summed E-state index contributed by atoms with van der Waals surface area (Å²) in [6.07, 6.45) is -3.73. The molecule has 0 saturated carbocycles. The van der Waals surface area contributed by atoms with E-state index in [9.17, 15) is 22.4 Å². The second kappa shape index (κ2) is 7.63. The number of nitrogens with two attached hydrogens (primary N) is 1. The normalized spacial score (nSPS) is 16.9. The number of aliphatic imine (C=N–C) groups is 1. The maximum atomic E-state index is 14.2. The van der Waals surface area contributed by atoms with Gasteiger partial charge in [-0.1, -0.05) is 11.6 Å². The molecule has 0 spiro atoms. The molecule has 1 aromatic heterocycles. The summed E-state index contributed by atoms with van der Waals surface area (Å²) in [4.78, 5) is 19.8. The fourth-order valence-corrected chi connectivity index (χ4v) is 2.83. The fraction of sp³-hybridized carbons (Fsp3) is 0.235. The molecule has 6 nitrogen and oxygen atoms in total. The molecule has 11 heteroatoms. The van der Waals surface area contributed by atoms with E-state index in [1.165, 1.54) is 12.1 Å². The summed E-state index contributed by atoms with van der Waals surface area (Å²) < 4.78 is 57.2. The molecule has 3 rings (SSSR count). The third-order valence-corrected chi connectivity index (χ3v) is 4.21. The lowest BCUT2D eigenvalue weighted by Crippen LogP contribution is -2.24. The van der Waals surface area contributed by atoms with Crippen LogP contribution in [-0.2, 0) is 10.9 Å². The first-order chi connectivity index (χ1) is 13.1. The first-order valence-electron chi connectivity index (χ1n) is 7.95. The minimum absolute atomic E-state index is 0.0641.